The zero-order valence-corrected chi connectivity index (χ0v) is 17.3. The molecule has 0 saturated heterocycles. The van der Waals surface area contributed by atoms with Crippen LogP contribution in [0.2, 0.25) is 10.0 Å². The predicted molar refractivity (Wildman–Crippen MR) is 117 cm³/mol. The van der Waals surface area contributed by atoms with E-state index in [-0.39, 0.29) is 0 Å². The van der Waals surface area contributed by atoms with Crippen molar-refractivity contribution in [2.75, 3.05) is 5.32 Å². The smallest absolute Gasteiger partial charge is 0.206 e. The minimum Gasteiger partial charge on any atom is -0.356 e. The van der Waals surface area contributed by atoms with Gasteiger partial charge in [-0.05, 0) is 34.0 Å². The lowest BCUT2D eigenvalue weighted by molar-refractivity contribution is 0.995. The Morgan fingerprint density at radius 2 is 1.78 bits per heavy atom. The third kappa shape index (κ3) is 4.55. The van der Waals surface area contributed by atoms with Crippen LogP contribution < -0.4 is 5.32 Å². The van der Waals surface area contributed by atoms with E-state index < -0.39 is 0 Å². The fourth-order valence-electron chi connectivity index (χ4n) is 2.73. The Hall–Kier alpha value is -1.79. The van der Waals surface area contributed by atoms with Crippen LogP contribution >= 0.6 is 46.3 Å². The summed E-state index contributed by atoms with van der Waals surface area (Å²) in [5, 5.41) is 16.4. The SMILES string of the molecule is Clc1ccc(CNc2nnc(SCc3cccc4ccccc34)s2)c(Cl)c1. The minimum absolute atomic E-state index is 0.582. The number of aromatic nitrogens is 2. The van der Waals surface area contributed by atoms with Gasteiger partial charge in [0.25, 0.3) is 0 Å². The number of halogens is 2. The number of benzene rings is 3. The van der Waals surface area contributed by atoms with Gasteiger partial charge in [0.2, 0.25) is 5.13 Å². The fourth-order valence-corrected chi connectivity index (χ4v) is 4.96. The van der Waals surface area contributed by atoms with Crippen molar-refractivity contribution in [1.29, 1.82) is 0 Å². The maximum absolute atomic E-state index is 6.21. The summed E-state index contributed by atoms with van der Waals surface area (Å²) in [6, 6.07) is 20.3. The summed E-state index contributed by atoms with van der Waals surface area (Å²) in [6.45, 7) is 0.582. The third-order valence-electron chi connectivity index (χ3n) is 4.08. The number of fused-ring (bicyclic) bond motifs is 1. The maximum Gasteiger partial charge on any atom is 0.206 e. The molecule has 1 heterocycles. The van der Waals surface area contributed by atoms with Gasteiger partial charge in [-0.2, -0.15) is 0 Å². The largest absolute Gasteiger partial charge is 0.356 e. The van der Waals surface area contributed by atoms with Crippen LogP contribution in [0.15, 0.2) is 65.0 Å². The van der Waals surface area contributed by atoms with Crippen molar-refractivity contribution in [1.82, 2.24) is 10.2 Å². The zero-order chi connectivity index (χ0) is 18.6. The van der Waals surface area contributed by atoms with Crippen molar-refractivity contribution < 1.29 is 0 Å². The number of rotatable bonds is 6. The molecule has 0 spiro atoms. The van der Waals surface area contributed by atoms with E-state index in [2.05, 4.69) is 58.0 Å². The van der Waals surface area contributed by atoms with Gasteiger partial charge in [0.15, 0.2) is 4.34 Å². The highest BCUT2D eigenvalue weighted by molar-refractivity contribution is 8.00. The Bertz CT molecular complexity index is 1080. The van der Waals surface area contributed by atoms with Crippen LogP contribution in [-0.4, -0.2) is 10.2 Å². The van der Waals surface area contributed by atoms with Gasteiger partial charge in [0, 0.05) is 22.3 Å². The van der Waals surface area contributed by atoms with Gasteiger partial charge < -0.3 is 5.32 Å². The molecule has 1 N–H and O–H groups in total. The molecule has 0 saturated carbocycles. The maximum atomic E-state index is 6.21. The molecular weight excluding hydrogens is 417 g/mol. The molecule has 0 aliphatic heterocycles. The molecule has 7 heteroatoms. The molecule has 0 aliphatic carbocycles. The average molecular weight is 432 g/mol. The third-order valence-corrected chi connectivity index (χ3v) is 6.73. The molecule has 27 heavy (non-hydrogen) atoms. The Labute approximate surface area is 175 Å². The highest BCUT2D eigenvalue weighted by atomic mass is 35.5. The van der Waals surface area contributed by atoms with Crippen LogP contribution in [0.1, 0.15) is 11.1 Å². The molecule has 0 unspecified atom stereocenters. The Balaban J connectivity index is 1.39. The van der Waals surface area contributed by atoms with Crippen molar-refractivity contribution in [2.45, 2.75) is 16.6 Å². The zero-order valence-electron chi connectivity index (χ0n) is 14.2. The topological polar surface area (TPSA) is 37.8 Å². The molecule has 3 nitrogen and oxygen atoms in total. The molecule has 4 rings (SSSR count). The van der Waals surface area contributed by atoms with Crippen LogP contribution in [0.4, 0.5) is 5.13 Å². The second-order valence-corrected chi connectivity index (χ2v) is 8.93. The second-order valence-electron chi connectivity index (χ2n) is 5.89. The first-order valence-corrected chi connectivity index (χ1v) is 10.9. The van der Waals surface area contributed by atoms with Crippen LogP contribution in [0.5, 0.6) is 0 Å². The molecule has 0 fully saturated rings. The number of thioether (sulfide) groups is 1. The molecule has 136 valence electrons. The van der Waals surface area contributed by atoms with Crippen molar-refractivity contribution >= 4 is 62.2 Å². The first-order chi connectivity index (χ1) is 13.2. The van der Waals surface area contributed by atoms with Crippen LogP contribution in [0.3, 0.4) is 0 Å². The summed E-state index contributed by atoms with van der Waals surface area (Å²) < 4.78 is 0.938. The van der Waals surface area contributed by atoms with E-state index >= 15 is 0 Å². The Morgan fingerprint density at radius 3 is 2.67 bits per heavy atom. The van der Waals surface area contributed by atoms with E-state index in [0.29, 0.717) is 16.6 Å². The van der Waals surface area contributed by atoms with Crippen molar-refractivity contribution in [3.63, 3.8) is 0 Å². The summed E-state index contributed by atoms with van der Waals surface area (Å²) in [4.78, 5) is 0. The lowest BCUT2D eigenvalue weighted by Gasteiger charge is -2.05. The molecule has 0 radical (unpaired) electrons. The molecule has 0 amide bonds. The van der Waals surface area contributed by atoms with Gasteiger partial charge in [0.05, 0.1) is 0 Å². The van der Waals surface area contributed by atoms with Crippen LogP contribution in [-0.2, 0) is 12.3 Å². The second kappa shape index (κ2) is 8.48. The molecule has 4 aromatic rings. The molecule has 3 aromatic carbocycles. The summed E-state index contributed by atoms with van der Waals surface area (Å²) in [5.41, 5.74) is 2.27. The van der Waals surface area contributed by atoms with Gasteiger partial charge in [-0.25, -0.2) is 0 Å². The summed E-state index contributed by atoms with van der Waals surface area (Å²) >= 11 is 15.4. The lowest BCUT2D eigenvalue weighted by Crippen LogP contribution is -1.99. The van der Waals surface area contributed by atoms with Crippen LogP contribution in [0.25, 0.3) is 10.8 Å². The summed E-state index contributed by atoms with van der Waals surface area (Å²) in [7, 11) is 0. The van der Waals surface area contributed by atoms with Gasteiger partial charge in [-0.15, -0.1) is 10.2 Å². The number of hydrogen-bond acceptors (Lipinski definition) is 5. The number of nitrogens with zero attached hydrogens (tertiary/aromatic N) is 2. The van der Waals surface area contributed by atoms with E-state index in [4.69, 9.17) is 23.2 Å². The van der Waals surface area contributed by atoms with E-state index in [1.807, 2.05) is 12.1 Å². The Morgan fingerprint density at radius 1 is 0.926 bits per heavy atom. The Kier molecular flexibility index (Phi) is 5.83. The number of anilines is 1. The van der Waals surface area contributed by atoms with E-state index in [1.54, 1.807) is 29.2 Å². The summed E-state index contributed by atoms with van der Waals surface area (Å²) in [6.07, 6.45) is 0. The molecule has 0 aliphatic rings. The quantitative estimate of drug-likeness (QED) is 0.336. The van der Waals surface area contributed by atoms with E-state index in [1.165, 1.54) is 16.3 Å². The number of nitrogens with one attached hydrogen (secondary N) is 1. The highest BCUT2D eigenvalue weighted by Crippen LogP contribution is 2.31. The van der Waals surface area contributed by atoms with Crippen molar-refractivity contribution in [3.8, 4) is 0 Å². The van der Waals surface area contributed by atoms with Gasteiger partial charge >= 0.3 is 0 Å². The molecule has 1 aromatic heterocycles. The molecule has 0 atom stereocenters. The normalized spacial score (nSPS) is 11.0. The molecule has 0 bridgehead atoms. The van der Waals surface area contributed by atoms with Crippen molar-refractivity contribution in [2.24, 2.45) is 0 Å². The van der Waals surface area contributed by atoms with Gasteiger partial charge in [0.1, 0.15) is 0 Å². The van der Waals surface area contributed by atoms with Gasteiger partial charge in [-0.1, -0.05) is 94.8 Å². The summed E-state index contributed by atoms with van der Waals surface area (Å²) in [5.74, 6) is 0.860. The average Bonchev–Trinajstić information content (AvgIpc) is 3.13. The van der Waals surface area contributed by atoms with E-state index in [9.17, 15) is 0 Å². The van der Waals surface area contributed by atoms with Crippen molar-refractivity contribution in [3.05, 3.63) is 81.8 Å². The molecular formula is C20H15Cl2N3S2. The first-order valence-electron chi connectivity index (χ1n) is 8.30. The lowest BCUT2D eigenvalue weighted by atomic mass is 10.1. The highest BCUT2D eigenvalue weighted by Gasteiger charge is 2.08. The standard InChI is InChI=1S/C20H15Cl2N3S2/c21-16-9-8-14(18(22)10-16)11-23-19-24-25-20(27-19)26-12-15-6-3-5-13-4-1-2-7-17(13)15/h1-10H,11-12H2,(H,23,24). The van der Waals surface area contributed by atoms with Crippen LogP contribution in [0, 0.1) is 0 Å². The fraction of sp³-hybridized carbons (Fsp3) is 0.100. The monoisotopic (exact) mass is 431 g/mol. The van der Waals surface area contributed by atoms with E-state index in [0.717, 1.165) is 20.8 Å². The number of hydrogen-bond donors (Lipinski definition) is 1. The van der Waals surface area contributed by atoms with Gasteiger partial charge in [-0.3, -0.25) is 0 Å². The minimum atomic E-state index is 0.582. The first kappa shape index (κ1) is 18.6. The predicted octanol–water partition coefficient (Wildman–Crippen LogP) is 6.90.